The summed E-state index contributed by atoms with van der Waals surface area (Å²) in [7, 11) is 0. The van der Waals surface area contributed by atoms with E-state index in [2.05, 4.69) is 4.85 Å². The Morgan fingerprint density at radius 1 is 1.19 bits per heavy atom. The van der Waals surface area contributed by atoms with Crippen LogP contribution in [-0.2, 0) is 12.7 Å². The maximum Gasteiger partial charge on any atom is 0.407 e. The molecule has 0 aliphatic carbocycles. The number of amides is 1. The smallest absolute Gasteiger partial charge is 0.407 e. The van der Waals surface area contributed by atoms with E-state index in [1.807, 2.05) is 0 Å². The Kier molecular flexibility index (Phi) is 5.39. The largest absolute Gasteiger partial charge is 0.467 e. The molecule has 0 aliphatic rings. The van der Waals surface area contributed by atoms with Gasteiger partial charge in [-0.25, -0.2) is 4.85 Å². The Balaban J connectivity index is 2.50. The van der Waals surface area contributed by atoms with Crippen LogP contribution in [0.2, 0.25) is 0 Å². The molecule has 0 aliphatic heterocycles. The highest BCUT2D eigenvalue weighted by molar-refractivity contribution is 5.93. The number of halogens is 6. The molecule has 2 N–H and O–H groups in total. The highest BCUT2D eigenvalue weighted by atomic mass is 19.4. The van der Waals surface area contributed by atoms with Crippen LogP contribution in [0.25, 0.3) is 4.85 Å². The maximum absolute atomic E-state index is 13.1. The molecule has 0 saturated carbocycles. The third-order valence-corrected chi connectivity index (χ3v) is 3.49. The molecule has 27 heavy (non-hydrogen) atoms. The van der Waals surface area contributed by atoms with Crippen molar-refractivity contribution in [2.45, 2.75) is 18.9 Å². The monoisotopic (exact) mass is 391 g/mol. The number of primary amides is 1. The molecule has 0 atom stereocenters. The van der Waals surface area contributed by atoms with E-state index < -0.39 is 48.3 Å². The third-order valence-electron chi connectivity index (χ3n) is 3.49. The molecular weight excluding hydrogens is 380 g/mol. The number of furan rings is 1. The van der Waals surface area contributed by atoms with Gasteiger partial charge in [0.05, 0.1) is 30.5 Å². The minimum absolute atomic E-state index is 0.184. The number of carbonyl (C=O) groups is 1. The van der Waals surface area contributed by atoms with Gasteiger partial charge in [-0.3, -0.25) is 4.79 Å². The quantitative estimate of drug-likeness (QED) is 0.602. The van der Waals surface area contributed by atoms with Crippen molar-refractivity contribution < 1.29 is 35.6 Å². The van der Waals surface area contributed by atoms with Crippen molar-refractivity contribution in [3.8, 4) is 0 Å². The summed E-state index contributed by atoms with van der Waals surface area (Å²) in [6.07, 6.45) is -8.65. The first-order chi connectivity index (χ1) is 12.4. The van der Waals surface area contributed by atoms with Crippen LogP contribution in [0.3, 0.4) is 0 Å². The Labute approximate surface area is 148 Å². The first-order valence-corrected chi connectivity index (χ1v) is 7.19. The Bertz CT molecular complexity index is 880. The van der Waals surface area contributed by atoms with Crippen LogP contribution in [0, 0.1) is 6.57 Å². The lowest BCUT2D eigenvalue weighted by Crippen LogP contribution is -2.34. The van der Waals surface area contributed by atoms with Crippen molar-refractivity contribution in [3.63, 3.8) is 0 Å². The summed E-state index contributed by atoms with van der Waals surface area (Å²) in [5.41, 5.74) is 2.36. The lowest BCUT2D eigenvalue weighted by molar-refractivity contribution is -0.136. The predicted molar refractivity (Wildman–Crippen MR) is 82.0 cm³/mol. The molecular formula is C16H11F6N3O2. The molecule has 2 rings (SSSR count). The molecule has 2 aromatic rings. The van der Waals surface area contributed by atoms with E-state index in [4.69, 9.17) is 16.7 Å². The Hall–Kier alpha value is -3.16. The molecule has 1 amide bonds. The van der Waals surface area contributed by atoms with E-state index in [-0.39, 0.29) is 11.3 Å². The van der Waals surface area contributed by atoms with E-state index in [0.717, 1.165) is 24.5 Å². The predicted octanol–water partition coefficient (Wildman–Crippen LogP) is 4.52. The number of anilines is 1. The number of nitrogens with zero attached hydrogens (tertiary/aromatic N) is 2. The van der Waals surface area contributed by atoms with Gasteiger partial charge in [0, 0.05) is 5.69 Å². The molecule has 1 aromatic carbocycles. The van der Waals surface area contributed by atoms with Gasteiger partial charge in [-0.1, -0.05) is 6.07 Å². The number of carbonyl (C=O) groups excluding carboxylic acids is 1. The van der Waals surface area contributed by atoms with E-state index >= 15 is 0 Å². The molecule has 0 bridgehead atoms. The first-order valence-electron chi connectivity index (χ1n) is 7.19. The fraction of sp³-hybridized carbons (Fsp3) is 0.250. The summed E-state index contributed by atoms with van der Waals surface area (Å²) in [6, 6.07) is 3.34. The van der Waals surface area contributed by atoms with Gasteiger partial charge >= 0.3 is 12.4 Å². The molecule has 5 nitrogen and oxygen atoms in total. The summed E-state index contributed by atoms with van der Waals surface area (Å²) in [5.74, 6) is -1.18. The van der Waals surface area contributed by atoms with Crippen LogP contribution in [0.15, 0.2) is 34.9 Å². The summed E-state index contributed by atoms with van der Waals surface area (Å²) >= 11 is 0. The number of nitrogens with two attached hydrogens (primary N) is 1. The van der Waals surface area contributed by atoms with Crippen molar-refractivity contribution in [3.05, 3.63) is 58.8 Å². The second kappa shape index (κ2) is 7.22. The molecule has 0 spiro atoms. The average Bonchev–Trinajstić information content (AvgIpc) is 3.00. The second-order valence-electron chi connectivity index (χ2n) is 5.40. The third kappa shape index (κ3) is 4.93. The van der Waals surface area contributed by atoms with Gasteiger partial charge in [0.2, 0.25) is 0 Å². The van der Waals surface area contributed by atoms with Crippen LogP contribution in [0.4, 0.5) is 37.7 Å². The van der Waals surface area contributed by atoms with Crippen LogP contribution >= 0.6 is 0 Å². The Morgan fingerprint density at radius 3 is 2.37 bits per heavy atom. The van der Waals surface area contributed by atoms with Gasteiger partial charge in [0.15, 0.2) is 5.69 Å². The lowest BCUT2D eigenvalue weighted by Gasteiger charge is -2.26. The minimum atomic E-state index is -4.93. The number of rotatable bonds is 5. The second-order valence-corrected chi connectivity index (χ2v) is 5.40. The highest BCUT2D eigenvalue weighted by Crippen LogP contribution is 2.39. The molecule has 0 radical (unpaired) electrons. The zero-order chi connectivity index (χ0) is 20.4. The van der Waals surface area contributed by atoms with Gasteiger partial charge in [-0.15, -0.1) is 0 Å². The maximum atomic E-state index is 13.1. The van der Waals surface area contributed by atoms with Gasteiger partial charge in [-0.05, 0) is 18.2 Å². The van der Waals surface area contributed by atoms with Crippen LogP contribution in [-0.4, -0.2) is 18.6 Å². The molecule has 0 fully saturated rings. The molecule has 11 heteroatoms. The number of hydrogen-bond donors (Lipinski definition) is 1. The average molecular weight is 391 g/mol. The zero-order valence-corrected chi connectivity index (χ0v) is 13.4. The summed E-state index contributed by atoms with van der Waals surface area (Å²) in [4.78, 5) is 14.6. The minimum Gasteiger partial charge on any atom is -0.467 e. The lowest BCUT2D eigenvalue weighted by atomic mass is 10.1. The van der Waals surface area contributed by atoms with Gasteiger partial charge in [-0.2, -0.15) is 26.3 Å². The van der Waals surface area contributed by atoms with Gasteiger partial charge in [0.25, 0.3) is 5.91 Å². The topological polar surface area (TPSA) is 63.8 Å². The zero-order valence-electron chi connectivity index (χ0n) is 13.4. The van der Waals surface area contributed by atoms with Crippen molar-refractivity contribution in [2.75, 3.05) is 11.4 Å². The number of alkyl halides is 6. The van der Waals surface area contributed by atoms with E-state index in [0.29, 0.717) is 11.0 Å². The number of hydrogen-bond acceptors (Lipinski definition) is 3. The van der Waals surface area contributed by atoms with Gasteiger partial charge < -0.3 is 15.1 Å². The molecule has 144 valence electrons. The van der Waals surface area contributed by atoms with E-state index in [1.54, 1.807) is 0 Å². The normalized spacial score (nSPS) is 11.9. The molecule has 1 heterocycles. The van der Waals surface area contributed by atoms with Crippen LogP contribution in [0.5, 0.6) is 0 Å². The number of benzene rings is 1. The first kappa shape index (κ1) is 20.2. The van der Waals surface area contributed by atoms with Crippen LogP contribution < -0.4 is 10.6 Å². The van der Waals surface area contributed by atoms with Crippen molar-refractivity contribution in [1.82, 2.24) is 0 Å². The molecule has 0 saturated heterocycles. The molecule has 1 aromatic heterocycles. The Morgan fingerprint density at radius 2 is 1.85 bits per heavy atom. The van der Waals surface area contributed by atoms with Crippen molar-refractivity contribution >= 4 is 17.3 Å². The van der Waals surface area contributed by atoms with Gasteiger partial charge in [0.1, 0.15) is 12.3 Å². The molecule has 0 unspecified atom stereocenters. The van der Waals surface area contributed by atoms with Crippen molar-refractivity contribution in [1.29, 1.82) is 0 Å². The van der Waals surface area contributed by atoms with Crippen molar-refractivity contribution in [2.24, 2.45) is 5.73 Å². The summed E-state index contributed by atoms with van der Waals surface area (Å²) in [6.45, 7) is 4.52. The highest BCUT2D eigenvalue weighted by Gasteiger charge is 2.36. The van der Waals surface area contributed by atoms with E-state index in [9.17, 15) is 31.1 Å². The fourth-order valence-electron chi connectivity index (χ4n) is 2.36. The standard InChI is InChI=1S/C16H11F6N3O2/c1-24-12-3-2-9(6-11(12)16(20,21)22)25(8-15(17,18)19)7-13-10(14(23)26)4-5-27-13/h2-6H,7-8H2,(H2,23,26). The SMILES string of the molecule is [C-]#[N+]c1ccc(N(Cc2occc2C(N)=O)CC(F)(F)F)cc1C(F)(F)F. The van der Waals surface area contributed by atoms with E-state index in [1.165, 1.54) is 0 Å². The summed E-state index contributed by atoms with van der Waals surface area (Å²) < 4.78 is 83.0. The fourth-order valence-corrected chi connectivity index (χ4v) is 2.36. The van der Waals surface area contributed by atoms with Crippen LogP contribution in [0.1, 0.15) is 21.7 Å². The summed E-state index contributed by atoms with van der Waals surface area (Å²) in [5, 5.41) is 0.